The summed E-state index contributed by atoms with van der Waals surface area (Å²) in [5.41, 5.74) is 3.39. The Morgan fingerprint density at radius 3 is 2.59 bits per heavy atom. The van der Waals surface area contributed by atoms with Crippen molar-refractivity contribution >= 4 is 22.8 Å². The Hall–Kier alpha value is -2.66. The third-order valence-electron chi connectivity index (χ3n) is 5.34. The number of halogens is 2. The molecule has 0 spiro atoms. The number of thioether (sulfide) groups is 1. The molecular weight excluding hydrogens is 386 g/mol. The molecule has 1 saturated carbocycles. The van der Waals surface area contributed by atoms with E-state index in [0.29, 0.717) is 12.0 Å². The van der Waals surface area contributed by atoms with Crippen LogP contribution in [0.1, 0.15) is 35.6 Å². The van der Waals surface area contributed by atoms with Gasteiger partial charge in [0, 0.05) is 39.4 Å². The van der Waals surface area contributed by atoms with Gasteiger partial charge < -0.3 is 4.98 Å². The molecule has 4 aromatic rings. The summed E-state index contributed by atoms with van der Waals surface area (Å²) in [4.78, 5) is 9.04. The van der Waals surface area contributed by atoms with Gasteiger partial charge >= 0.3 is 0 Å². The lowest BCUT2D eigenvalue weighted by molar-refractivity contribution is 0.567. The Kier molecular flexibility index (Phi) is 4.84. The molecule has 0 saturated heterocycles. The number of nitrogens with one attached hydrogen (secondary N) is 1. The van der Waals surface area contributed by atoms with Gasteiger partial charge in [0.15, 0.2) is 0 Å². The van der Waals surface area contributed by atoms with Crippen LogP contribution in [0.15, 0.2) is 71.8 Å². The van der Waals surface area contributed by atoms with Crippen molar-refractivity contribution in [1.82, 2.24) is 9.97 Å². The van der Waals surface area contributed by atoms with Gasteiger partial charge in [0.05, 0.1) is 0 Å². The molecule has 1 N–H and O–H groups in total. The summed E-state index contributed by atoms with van der Waals surface area (Å²) in [5, 5.41) is 1.78. The van der Waals surface area contributed by atoms with Crippen LogP contribution in [0.5, 0.6) is 0 Å². The monoisotopic (exact) mass is 406 g/mol. The topological polar surface area (TPSA) is 28.7 Å². The maximum Gasteiger partial charge on any atom is 0.137 e. The molecule has 1 atom stereocenters. The summed E-state index contributed by atoms with van der Waals surface area (Å²) in [6.07, 6.45) is 4.77. The Morgan fingerprint density at radius 1 is 1.03 bits per heavy atom. The van der Waals surface area contributed by atoms with Crippen LogP contribution in [0, 0.1) is 11.6 Å². The zero-order valence-corrected chi connectivity index (χ0v) is 16.6. The number of hydrogen-bond acceptors (Lipinski definition) is 2. The number of pyridine rings is 1. The first-order valence-corrected chi connectivity index (χ1v) is 10.7. The van der Waals surface area contributed by atoms with Crippen LogP contribution >= 0.6 is 11.8 Å². The number of fused-ring (bicyclic) bond motifs is 1. The normalized spacial score (nSPS) is 15.0. The summed E-state index contributed by atoms with van der Waals surface area (Å²) < 4.78 is 27.8. The van der Waals surface area contributed by atoms with Crippen LogP contribution < -0.4 is 0 Å². The highest BCUT2D eigenvalue weighted by molar-refractivity contribution is 8.00. The quantitative estimate of drug-likeness (QED) is 0.397. The molecule has 29 heavy (non-hydrogen) atoms. The molecular formula is C24H20F2N2S. The zero-order chi connectivity index (χ0) is 19.8. The molecule has 5 rings (SSSR count). The van der Waals surface area contributed by atoms with Crippen LogP contribution in [0.2, 0.25) is 0 Å². The molecule has 0 aliphatic heterocycles. The highest BCUT2D eigenvalue weighted by Gasteiger charge is 2.23. The van der Waals surface area contributed by atoms with Crippen molar-refractivity contribution in [2.75, 3.05) is 0 Å². The Bertz CT molecular complexity index is 1120. The van der Waals surface area contributed by atoms with Gasteiger partial charge in [-0.3, -0.25) is 0 Å². The van der Waals surface area contributed by atoms with Crippen molar-refractivity contribution < 1.29 is 8.78 Å². The van der Waals surface area contributed by atoms with Gasteiger partial charge in [-0.1, -0.05) is 18.2 Å². The van der Waals surface area contributed by atoms with Crippen molar-refractivity contribution in [3.8, 4) is 0 Å². The molecule has 1 unspecified atom stereocenters. The number of hydrogen-bond donors (Lipinski definition) is 1. The molecule has 2 heterocycles. The molecule has 0 amide bonds. The van der Waals surface area contributed by atoms with Crippen LogP contribution in [-0.4, -0.2) is 15.2 Å². The van der Waals surface area contributed by atoms with E-state index >= 15 is 0 Å². The number of aromatic amines is 1. The molecule has 1 aliphatic carbocycles. The van der Waals surface area contributed by atoms with E-state index in [4.69, 9.17) is 0 Å². The second-order valence-corrected chi connectivity index (χ2v) is 8.92. The molecule has 2 aromatic heterocycles. The van der Waals surface area contributed by atoms with Crippen molar-refractivity contribution in [3.05, 3.63) is 95.3 Å². The van der Waals surface area contributed by atoms with E-state index in [1.807, 2.05) is 23.9 Å². The lowest BCUT2D eigenvalue weighted by Crippen LogP contribution is -2.07. The molecule has 5 heteroatoms. The third-order valence-corrected chi connectivity index (χ3v) is 6.69. The van der Waals surface area contributed by atoms with E-state index in [1.54, 1.807) is 6.20 Å². The van der Waals surface area contributed by atoms with E-state index < -0.39 is 11.6 Å². The fourth-order valence-corrected chi connectivity index (χ4v) is 4.69. The van der Waals surface area contributed by atoms with E-state index in [9.17, 15) is 8.78 Å². The summed E-state index contributed by atoms with van der Waals surface area (Å²) in [6, 6.07) is 18.3. The van der Waals surface area contributed by atoms with Crippen LogP contribution in [0.4, 0.5) is 8.78 Å². The SMILES string of the molecule is Fc1ccc(CC(c2ccc(SC3CC3)cc2)c2cc3cccnc3[nH]2)c(F)c1. The predicted octanol–water partition coefficient (Wildman–Crippen LogP) is 6.47. The standard InChI is InChI=1S/C24H20F2N2S/c25-18-6-3-16(22(26)14-18)12-21(23-13-17-2-1-11-27-24(17)28-23)15-4-7-19(8-5-15)29-20-9-10-20/h1-8,11,13-14,20-21H,9-10,12H2,(H,27,28). The summed E-state index contributed by atoms with van der Waals surface area (Å²) in [5.74, 6) is -1.15. The number of nitrogens with zero attached hydrogens (tertiary/aromatic N) is 1. The highest BCUT2D eigenvalue weighted by atomic mass is 32.2. The second kappa shape index (κ2) is 7.64. The fourth-order valence-electron chi connectivity index (χ4n) is 3.64. The molecule has 0 bridgehead atoms. The van der Waals surface area contributed by atoms with Crippen molar-refractivity contribution in [2.45, 2.75) is 35.3 Å². The highest BCUT2D eigenvalue weighted by Crippen LogP contribution is 2.40. The minimum Gasteiger partial charge on any atom is -0.343 e. The van der Waals surface area contributed by atoms with Crippen molar-refractivity contribution in [1.29, 1.82) is 0 Å². The fraction of sp³-hybridized carbons (Fsp3) is 0.208. The molecule has 1 aliphatic rings. The number of H-pyrrole nitrogens is 1. The van der Waals surface area contributed by atoms with Crippen LogP contribution in [-0.2, 0) is 6.42 Å². The van der Waals surface area contributed by atoms with Gasteiger partial charge in [0.25, 0.3) is 0 Å². The van der Waals surface area contributed by atoms with Crippen molar-refractivity contribution in [2.24, 2.45) is 0 Å². The smallest absolute Gasteiger partial charge is 0.137 e. The van der Waals surface area contributed by atoms with Gasteiger partial charge in [-0.05, 0) is 66.8 Å². The van der Waals surface area contributed by atoms with Gasteiger partial charge in [0.1, 0.15) is 17.3 Å². The number of aromatic nitrogens is 2. The van der Waals surface area contributed by atoms with E-state index in [0.717, 1.165) is 33.6 Å². The predicted molar refractivity (Wildman–Crippen MR) is 113 cm³/mol. The van der Waals surface area contributed by atoms with Gasteiger partial charge in [-0.2, -0.15) is 0 Å². The number of benzene rings is 2. The molecule has 2 aromatic carbocycles. The summed E-state index contributed by atoms with van der Waals surface area (Å²) in [7, 11) is 0. The zero-order valence-electron chi connectivity index (χ0n) is 15.7. The second-order valence-electron chi connectivity index (χ2n) is 7.54. The van der Waals surface area contributed by atoms with Gasteiger partial charge in [-0.15, -0.1) is 11.8 Å². The van der Waals surface area contributed by atoms with Gasteiger partial charge in [-0.25, -0.2) is 13.8 Å². The molecule has 0 radical (unpaired) electrons. The lowest BCUT2D eigenvalue weighted by atomic mass is 9.89. The molecule has 2 nitrogen and oxygen atoms in total. The van der Waals surface area contributed by atoms with E-state index in [1.165, 1.54) is 29.9 Å². The maximum absolute atomic E-state index is 14.4. The Labute approximate surface area is 172 Å². The minimum atomic E-state index is -0.556. The largest absolute Gasteiger partial charge is 0.343 e. The molecule has 146 valence electrons. The van der Waals surface area contributed by atoms with Crippen molar-refractivity contribution in [3.63, 3.8) is 0 Å². The Balaban J connectivity index is 1.52. The average molecular weight is 407 g/mol. The third kappa shape index (κ3) is 4.06. The van der Waals surface area contributed by atoms with E-state index in [-0.39, 0.29) is 5.92 Å². The van der Waals surface area contributed by atoms with Gasteiger partial charge in [0.2, 0.25) is 0 Å². The first-order chi connectivity index (χ1) is 14.2. The molecule has 1 fully saturated rings. The summed E-state index contributed by atoms with van der Waals surface area (Å²) >= 11 is 1.92. The van der Waals surface area contributed by atoms with Crippen LogP contribution in [0.3, 0.4) is 0 Å². The first kappa shape index (κ1) is 18.4. The lowest BCUT2D eigenvalue weighted by Gasteiger charge is -2.17. The maximum atomic E-state index is 14.4. The first-order valence-electron chi connectivity index (χ1n) is 9.80. The van der Waals surface area contributed by atoms with E-state index in [2.05, 4.69) is 40.3 Å². The number of rotatable bonds is 6. The van der Waals surface area contributed by atoms with Crippen LogP contribution in [0.25, 0.3) is 11.0 Å². The average Bonchev–Trinajstić information content (AvgIpc) is 3.43. The minimum absolute atomic E-state index is 0.0795. The Morgan fingerprint density at radius 2 is 1.86 bits per heavy atom. The summed E-state index contributed by atoms with van der Waals surface area (Å²) in [6.45, 7) is 0.